The number of benzene rings is 2. The molecule has 0 aliphatic heterocycles. The fraction of sp³-hybridized carbons (Fsp3) is 0.235. The number of halogens is 2. The van der Waals surface area contributed by atoms with Crippen LogP contribution < -0.4 is 5.32 Å². The summed E-state index contributed by atoms with van der Waals surface area (Å²) in [5.41, 5.74) is 3.04. The molecule has 2 unspecified atom stereocenters. The van der Waals surface area contributed by atoms with E-state index in [1.54, 1.807) is 6.07 Å². The molecule has 2 atom stereocenters. The highest BCUT2D eigenvalue weighted by molar-refractivity contribution is 6.34. The summed E-state index contributed by atoms with van der Waals surface area (Å²) in [5, 5.41) is 4.18. The Balaban J connectivity index is 1.67. The van der Waals surface area contributed by atoms with Crippen molar-refractivity contribution in [2.24, 2.45) is 5.92 Å². The Morgan fingerprint density at radius 2 is 1.71 bits per heavy atom. The molecule has 0 aromatic heterocycles. The number of carbonyl (C=O) groups is 1. The molecule has 2 aromatic carbocycles. The fourth-order valence-electron chi connectivity index (χ4n) is 2.51. The molecular weight excluding hydrogens is 305 g/mol. The molecule has 0 heterocycles. The van der Waals surface area contributed by atoms with Crippen molar-refractivity contribution in [1.29, 1.82) is 0 Å². The molecule has 1 aliphatic carbocycles. The molecule has 0 saturated heterocycles. The molecule has 2 aromatic rings. The first-order chi connectivity index (χ1) is 10.0. The second kappa shape index (κ2) is 5.70. The van der Waals surface area contributed by atoms with Gasteiger partial charge in [-0.1, -0.05) is 40.9 Å². The monoisotopic (exact) mass is 319 g/mol. The van der Waals surface area contributed by atoms with Gasteiger partial charge < -0.3 is 5.32 Å². The lowest BCUT2D eigenvalue weighted by molar-refractivity contribution is -0.117. The maximum atomic E-state index is 12.2. The van der Waals surface area contributed by atoms with E-state index < -0.39 is 0 Å². The molecule has 3 rings (SSSR count). The van der Waals surface area contributed by atoms with Gasteiger partial charge in [0.2, 0.25) is 5.91 Å². The second-order valence-electron chi connectivity index (χ2n) is 5.51. The molecule has 1 aliphatic rings. The SMILES string of the molecule is Cc1ccc(NC(=O)C2CC2c2cc(Cl)cc(Cl)c2)cc1. The largest absolute Gasteiger partial charge is 0.326 e. The Morgan fingerprint density at radius 1 is 1.10 bits per heavy atom. The van der Waals surface area contributed by atoms with Crippen LogP contribution in [0.5, 0.6) is 0 Å². The van der Waals surface area contributed by atoms with E-state index >= 15 is 0 Å². The van der Waals surface area contributed by atoms with Gasteiger partial charge >= 0.3 is 0 Å². The highest BCUT2D eigenvalue weighted by Gasteiger charge is 2.44. The number of hydrogen-bond donors (Lipinski definition) is 1. The number of anilines is 1. The number of nitrogens with one attached hydrogen (secondary N) is 1. The fourth-order valence-corrected chi connectivity index (χ4v) is 3.06. The molecule has 4 heteroatoms. The average molecular weight is 320 g/mol. The molecular formula is C17H15Cl2NO. The van der Waals surface area contributed by atoms with Gasteiger partial charge in [-0.2, -0.15) is 0 Å². The molecule has 1 amide bonds. The topological polar surface area (TPSA) is 29.1 Å². The third-order valence-electron chi connectivity index (χ3n) is 3.76. The maximum absolute atomic E-state index is 12.2. The maximum Gasteiger partial charge on any atom is 0.228 e. The van der Waals surface area contributed by atoms with Crippen LogP contribution in [0.3, 0.4) is 0 Å². The van der Waals surface area contributed by atoms with E-state index in [1.165, 1.54) is 5.56 Å². The molecule has 1 N–H and O–H groups in total. The molecule has 1 fully saturated rings. The predicted octanol–water partition coefficient (Wildman–Crippen LogP) is 5.04. The number of hydrogen-bond acceptors (Lipinski definition) is 1. The second-order valence-corrected chi connectivity index (χ2v) is 6.38. The Hall–Kier alpha value is -1.51. The number of amides is 1. The van der Waals surface area contributed by atoms with Crippen molar-refractivity contribution in [2.75, 3.05) is 5.32 Å². The third-order valence-corrected chi connectivity index (χ3v) is 4.20. The van der Waals surface area contributed by atoms with Gasteiger partial charge in [-0.25, -0.2) is 0 Å². The van der Waals surface area contributed by atoms with E-state index in [2.05, 4.69) is 5.32 Å². The van der Waals surface area contributed by atoms with Crippen LogP contribution in [0.2, 0.25) is 10.0 Å². The van der Waals surface area contributed by atoms with Crippen molar-refractivity contribution < 1.29 is 4.79 Å². The molecule has 108 valence electrons. The van der Waals surface area contributed by atoms with E-state index in [9.17, 15) is 4.79 Å². The van der Waals surface area contributed by atoms with E-state index in [0.29, 0.717) is 10.0 Å². The lowest BCUT2D eigenvalue weighted by Crippen LogP contribution is -2.14. The Bertz CT molecular complexity index is 661. The summed E-state index contributed by atoms with van der Waals surface area (Å²) in [6.07, 6.45) is 0.842. The summed E-state index contributed by atoms with van der Waals surface area (Å²) in [6, 6.07) is 13.3. The first-order valence-electron chi connectivity index (χ1n) is 6.86. The Labute approximate surface area is 134 Å². The minimum absolute atomic E-state index is 0.000774. The van der Waals surface area contributed by atoms with Gasteiger partial charge in [0.15, 0.2) is 0 Å². The highest BCUT2D eigenvalue weighted by Crippen LogP contribution is 2.49. The Kier molecular flexibility index (Phi) is 3.92. The van der Waals surface area contributed by atoms with Gasteiger partial charge in [-0.05, 0) is 55.2 Å². The van der Waals surface area contributed by atoms with Gasteiger partial charge in [0, 0.05) is 21.7 Å². The minimum Gasteiger partial charge on any atom is -0.326 e. The van der Waals surface area contributed by atoms with Crippen molar-refractivity contribution >= 4 is 34.8 Å². The van der Waals surface area contributed by atoms with Crippen molar-refractivity contribution in [3.05, 3.63) is 63.6 Å². The molecule has 1 saturated carbocycles. The molecule has 0 spiro atoms. The summed E-state index contributed by atoms with van der Waals surface area (Å²) < 4.78 is 0. The molecule has 2 nitrogen and oxygen atoms in total. The third kappa shape index (κ3) is 3.39. The average Bonchev–Trinajstić information content (AvgIpc) is 3.20. The summed E-state index contributed by atoms with van der Waals surface area (Å²) >= 11 is 12.0. The van der Waals surface area contributed by atoms with Crippen molar-refractivity contribution in [1.82, 2.24) is 0 Å². The van der Waals surface area contributed by atoms with Crippen LogP contribution in [-0.4, -0.2) is 5.91 Å². The molecule has 0 radical (unpaired) electrons. The number of rotatable bonds is 3. The number of aryl methyl sites for hydroxylation is 1. The van der Waals surface area contributed by atoms with Gasteiger partial charge in [-0.3, -0.25) is 4.79 Å². The van der Waals surface area contributed by atoms with Gasteiger partial charge in [0.1, 0.15) is 0 Å². The van der Waals surface area contributed by atoms with Crippen LogP contribution in [0, 0.1) is 12.8 Å². The normalized spacial score (nSPS) is 20.1. The van der Waals surface area contributed by atoms with Crippen LogP contribution in [0.1, 0.15) is 23.5 Å². The van der Waals surface area contributed by atoms with Crippen molar-refractivity contribution in [3.63, 3.8) is 0 Å². The first-order valence-corrected chi connectivity index (χ1v) is 7.62. The van der Waals surface area contributed by atoms with Gasteiger partial charge in [-0.15, -0.1) is 0 Å². The quantitative estimate of drug-likeness (QED) is 0.843. The highest BCUT2D eigenvalue weighted by atomic mass is 35.5. The van der Waals surface area contributed by atoms with Crippen molar-refractivity contribution in [2.45, 2.75) is 19.3 Å². The zero-order chi connectivity index (χ0) is 15.0. The standard InChI is InChI=1S/C17H15Cl2NO/c1-10-2-4-14(5-3-10)20-17(21)16-9-15(16)11-6-12(18)8-13(19)7-11/h2-8,15-16H,9H2,1H3,(H,20,21). The summed E-state index contributed by atoms with van der Waals surface area (Å²) in [6.45, 7) is 2.02. The van der Waals surface area contributed by atoms with Crippen LogP contribution in [0.15, 0.2) is 42.5 Å². The van der Waals surface area contributed by atoms with E-state index in [0.717, 1.165) is 17.7 Å². The van der Waals surface area contributed by atoms with Crippen LogP contribution in [-0.2, 0) is 4.79 Å². The Morgan fingerprint density at radius 3 is 2.33 bits per heavy atom. The summed E-state index contributed by atoms with van der Waals surface area (Å²) in [5.74, 6) is 0.271. The smallest absolute Gasteiger partial charge is 0.228 e. The van der Waals surface area contributed by atoms with Gasteiger partial charge in [0.25, 0.3) is 0 Å². The van der Waals surface area contributed by atoms with Crippen LogP contribution >= 0.6 is 23.2 Å². The lowest BCUT2D eigenvalue weighted by atomic mass is 10.1. The molecule has 21 heavy (non-hydrogen) atoms. The first kappa shape index (κ1) is 14.4. The lowest BCUT2D eigenvalue weighted by Gasteiger charge is -2.06. The number of carbonyl (C=O) groups excluding carboxylic acids is 1. The zero-order valence-corrected chi connectivity index (χ0v) is 13.1. The minimum atomic E-state index is 0.000774. The van der Waals surface area contributed by atoms with E-state index in [1.807, 2.05) is 43.3 Å². The zero-order valence-electron chi connectivity index (χ0n) is 11.6. The van der Waals surface area contributed by atoms with E-state index in [4.69, 9.17) is 23.2 Å². The van der Waals surface area contributed by atoms with Gasteiger partial charge in [0.05, 0.1) is 0 Å². The van der Waals surface area contributed by atoms with Crippen LogP contribution in [0.4, 0.5) is 5.69 Å². The van der Waals surface area contributed by atoms with Crippen LogP contribution in [0.25, 0.3) is 0 Å². The van der Waals surface area contributed by atoms with Crippen molar-refractivity contribution in [3.8, 4) is 0 Å². The summed E-state index contributed by atoms with van der Waals surface area (Å²) in [7, 11) is 0. The van der Waals surface area contributed by atoms with E-state index in [-0.39, 0.29) is 17.7 Å². The predicted molar refractivity (Wildman–Crippen MR) is 87.1 cm³/mol. The summed E-state index contributed by atoms with van der Waals surface area (Å²) in [4.78, 5) is 12.2. The molecule has 0 bridgehead atoms.